The second-order valence-corrected chi connectivity index (χ2v) is 14.6. The minimum atomic E-state index is 0.614. The van der Waals surface area contributed by atoms with E-state index in [9.17, 15) is 0 Å². The lowest BCUT2D eigenvalue weighted by molar-refractivity contribution is 0.673. The first kappa shape index (κ1) is 30.7. The summed E-state index contributed by atoms with van der Waals surface area (Å²) >= 11 is 1.78. The van der Waals surface area contributed by atoms with Gasteiger partial charge >= 0.3 is 0 Å². The van der Waals surface area contributed by atoms with Crippen LogP contribution in [0, 0.1) is 0 Å². The molecule has 0 aliphatic rings. The number of rotatable bonds is 5. The minimum absolute atomic E-state index is 0.614. The molecule has 8 aromatic carbocycles. The summed E-state index contributed by atoms with van der Waals surface area (Å²) in [6.07, 6.45) is 0. The summed E-state index contributed by atoms with van der Waals surface area (Å²) in [5.41, 5.74) is 9.03. The molecule has 0 aliphatic carbocycles. The van der Waals surface area contributed by atoms with Gasteiger partial charge in [-0.25, -0.2) is 15.0 Å². The molecule has 0 atom stereocenters. The topological polar surface area (TPSA) is 51.8 Å². The van der Waals surface area contributed by atoms with Crippen LogP contribution in [0.1, 0.15) is 0 Å². The van der Waals surface area contributed by atoms with Crippen LogP contribution in [0.15, 0.2) is 180 Å². The number of nitrogens with zero attached hydrogens (tertiary/aromatic N) is 3. The number of thiophene rings is 1. The molecule has 5 heteroatoms. The quantitative estimate of drug-likeness (QED) is 0.179. The highest BCUT2D eigenvalue weighted by Crippen LogP contribution is 2.43. The van der Waals surface area contributed by atoms with E-state index >= 15 is 0 Å². The Morgan fingerprint density at radius 1 is 0.352 bits per heavy atom. The van der Waals surface area contributed by atoms with E-state index in [1.54, 1.807) is 11.3 Å². The molecule has 0 amide bonds. The Morgan fingerprint density at radius 3 is 1.74 bits per heavy atom. The zero-order valence-corrected chi connectivity index (χ0v) is 29.7. The Hall–Kier alpha value is -6.95. The standard InChI is InChI=1S/C49H29N3OS/c1-3-14-30(15-4-1)32-26-27-43-40(28-32)41-29-42(34-19-8-9-21-36(34)45(41)53-43)49-51-47(38-22-10-7-18-33(38)31-16-5-2-6-17-31)50-48(52-49)39-24-13-23-37-35-20-11-12-25-44(35)54-46(37)39/h1-29H. The molecule has 11 rings (SSSR count). The first-order valence-electron chi connectivity index (χ1n) is 18.0. The monoisotopic (exact) mass is 707 g/mol. The number of hydrogen-bond donors (Lipinski definition) is 0. The van der Waals surface area contributed by atoms with Crippen LogP contribution >= 0.6 is 11.3 Å². The fraction of sp³-hybridized carbons (Fsp3) is 0. The summed E-state index contributed by atoms with van der Waals surface area (Å²) in [7, 11) is 0. The maximum absolute atomic E-state index is 6.62. The van der Waals surface area contributed by atoms with Gasteiger partial charge in [0.25, 0.3) is 0 Å². The Bertz CT molecular complexity index is 3220. The van der Waals surface area contributed by atoms with Crippen LogP contribution < -0.4 is 0 Å². The van der Waals surface area contributed by atoms with E-state index in [0.29, 0.717) is 17.5 Å². The van der Waals surface area contributed by atoms with Crippen LogP contribution in [0.2, 0.25) is 0 Å². The number of hydrogen-bond acceptors (Lipinski definition) is 5. The van der Waals surface area contributed by atoms with Crippen molar-refractivity contribution in [2.24, 2.45) is 0 Å². The minimum Gasteiger partial charge on any atom is -0.455 e. The van der Waals surface area contributed by atoms with Crippen molar-refractivity contribution in [3.8, 4) is 56.4 Å². The third-order valence-electron chi connectivity index (χ3n) is 10.4. The van der Waals surface area contributed by atoms with Gasteiger partial charge in [-0.1, -0.05) is 146 Å². The number of fused-ring (bicyclic) bond motifs is 8. The summed E-state index contributed by atoms with van der Waals surface area (Å²) < 4.78 is 9.02. The van der Waals surface area contributed by atoms with Crippen molar-refractivity contribution < 1.29 is 4.42 Å². The molecular formula is C49H29N3OS. The molecule has 0 fully saturated rings. The van der Waals surface area contributed by atoms with E-state index in [0.717, 1.165) is 76.4 Å². The molecule has 0 unspecified atom stereocenters. The number of aromatic nitrogens is 3. The van der Waals surface area contributed by atoms with E-state index in [4.69, 9.17) is 19.4 Å². The van der Waals surface area contributed by atoms with Crippen molar-refractivity contribution in [3.63, 3.8) is 0 Å². The average molecular weight is 708 g/mol. The van der Waals surface area contributed by atoms with E-state index in [1.807, 2.05) is 12.1 Å². The highest BCUT2D eigenvalue weighted by atomic mass is 32.1. The largest absolute Gasteiger partial charge is 0.455 e. The summed E-state index contributed by atoms with van der Waals surface area (Å²) in [6, 6.07) is 61.4. The molecule has 0 spiro atoms. The number of furan rings is 1. The highest BCUT2D eigenvalue weighted by Gasteiger charge is 2.21. The zero-order valence-electron chi connectivity index (χ0n) is 28.9. The van der Waals surface area contributed by atoms with E-state index in [2.05, 4.69) is 164 Å². The third kappa shape index (κ3) is 4.94. The lowest BCUT2D eigenvalue weighted by atomic mass is 9.97. The molecule has 0 aliphatic heterocycles. The van der Waals surface area contributed by atoms with Crippen LogP contribution in [0.4, 0.5) is 0 Å². The van der Waals surface area contributed by atoms with Crippen LogP contribution in [0.3, 0.4) is 0 Å². The average Bonchev–Trinajstić information content (AvgIpc) is 3.82. The Morgan fingerprint density at radius 2 is 0.944 bits per heavy atom. The Labute approximate surface area is 314 Å². The van der Waals surface area contributed by atoms with Gasteiger partial charge in [-0.05, 0) is 58.0 Å². The lowest BCUT2D eigenvalue weighted by Crippen LogP contribution is -2.01. The van der Waals surface area contributed by atoms with Gasteiger partial charge in [-0.2, -0.15) is 0 Å². The molecule has 0 N–H and O–H groups in total. The molecule has 0 saturated heterocycles. The second kappa shape index (κ2) is 12.3. The Kier molecular flexibility index (Phi) is 7.00. The van der Waals surface area contributed by atoms with Gasteiger partial charge in [0, 0.05) is 53.0 Å². The first-order valence-corrected chi connectivity index (χ1v) is 18.8. The van der Waals surface area contributed by atoms with Crippen LogP contribution in [0.25, 0.3) is 109 Å². The van der Waals surface area contributed by atoms with Gasteiger partial charge in [-0.15, -0.1) is 11.3 Å². The van der Waals surface area contributed by atoms with Crippen LogP contribution in [-0.2, 0) is 0 Å². The van der Waals surface area contributed by atoms with Gasteiger partial charge in [0.15, 0.2) is 17.5 Å². The third-order valence-corrected chi connectivity index (χ3v) is 11.6. The van der Waals surface area contributed by atoms with Crippen LogP contribution in [-0.4, -0.2) is 15.0 Å². The van der Waals surface area contributed by atoms with Crippen molar-refractivity contribution >= 4 is 64.2 Å². The SMILES string of the molecule is c1ccc(-c2ccc3oc4c5ccccc5c(-c5nc(-c6ccccc6-c6ccccc6)nc(-c6cccc7c6sc6ccccc67)n5)cc4c3c2)cc1. The Balaban J connectivity index is 1.21. The van der Waals surface area contributed by atoms with E-state index in [1.165, 1.54) is 15.5 Å². The zero-order chi connectivity index (χ0) is 35.6. The van der Waals surface area contributed by atoms with Gasteiger partial charge < -0.3 is 4.42 Å². The maximum Gasteiger partial charge on any atom is 0.165 e. The molecule has 3 aromatic heterocycles. The molecule has 11 aromatic rings. The lowest BCUT2D eigenvalue weighted by Gasteiger charge is -2.13. The van der Waals surface area contributed by atoms with Crippen molar-refractivity contribution in [2.45, 2.75) is 0 Å². The molecule has 0 saturated carbocycles. The smallest absolute Gasteiger partial charge is 0.165 e. The normalized spacial score (nSPS) is 11.7. The van der Waals surface area contributed by atoms with Crippen molar-refractivity contribution in [2.75, 3.05) is 0 Å². The van der Waals surface area contributed by atoms with Crippen molar-refractivity contribution in [1.82, 2.24) is 15.0 Å². The fourth-order valence-corrected chi connectivity index (χ4v) is 9.01. The van der Waals surface area contributed by atoms with Crippen molar-refractivity contribution in [1.29, 1.82) is 0 Å². The summed E-state index contributed by atoms with van der Waals surface area (Å²) in [4.78, 5) is 16.0. The van der Waals surface area contributed by atoms with Gasteiger partial charge in [0.05, 0.1) is 0 Å². The van der Waals surface area contributed by atoms with Crippen molar-refractivity contribution in [3.05, 3.63) is 176 Å². The fourth-order valence-electron chi connectivity index (χ4n) is 7.80. The van der Waals surface area contributed by atoms with E-state index in [-0.39, 0.29) is 0 Å². The maximum atomic E-state index is 6.62. The number of benzene rings is 8. The van der Waals surface area contributed by atoms with Gasteiger partial charge in [0.1, 0.15) is 11.2 Å². The van der Waals surface area contributed by atoms with Crippen LogP contribution in [0.5, 0.6) is 0 Å². The molecule has 4 nitrogen and oxygen atoms in total. The molecule has 3 heterocycles. The predicted molar refractivity (Wildman–Crippen MR) is 225 cm³/mol. The molecular weight excluding hydrogens is 679 g/mol. The predicted octanol–water partition coefficient (Wildman–Crippen LogP) is 13.6. The van der Waals surface area contributed by atoms with Gasteiger partial charge in [0.2, 0.25) is 0 Å². The molecule has 0 bridgehead atoms. The van der Waals surface area contributed by atoms with Gasteiger partial charge in [-0.3, -0.25) is 0 Å². The summed E-state index contributed by atoms with van der Waals surface area (Å²) in [5.74, 6) is 1.88. The highest BCUT2D eigenvalue weighted by molar-refractivity contribution is 7.26. The molecule has 54 heavy (non-hydrogen) atoms. The summed E-state index contributed by atoms with van der Waals surface area (Å²) in [5, 5.41) is 6.55. The molecule has 252 valence electrons. The summed E-state index contributed by atoms with van der Waals surface area (Å²) in [6.45, 7) is 0. The second-order valence-electron chi connectivity index (χ2n) is 13.5. The first-order chi connectivity index (χ1) is 26.8. The molecule has 0 radical (unpaired) electrons. The van der Waals surface area contributed by atoms with E-state index < -0.39 is 0 Å².